The zero-order valence-corrected chi connectivity index (χ0v) is 15.5. The van der Waals surface area contributed by atoms with E-state index in [4.69, 9.17) is 0 Å². The van der Waals surface area contributed by atoms with E-state index >= 15 is 0 Å². The molecule has 2 rings (SSSR count). The molecule has 2 heterocycles. The van der Waals surface area contributed by atoms with E-state index in [1.54, 1.807) is 29.7 Å². The lowest BCUT2D eigenvalue weighted by Crippen LogP contribution is -2.36. The van der Waals surface area contributed by atoms with Crippen molar-refractivity contribution in [3.8, 4) is 0 Å². The highest BCUT2D eigenvalue weighted by Gasteiger charge is 2.02. The van der Waals surface area contributed by atoms with Gasteiger partial charge < -0.3 is 10.6 Å². The maximum absolute atomic E-state index is 4.52. The van der Waals surface area contributed by atoms with E-state index < -0.39 is 0 Å². The molecule has 0 spiro atoms. The summed E-state index contributed by atoms with van der Waals surface area (Å²) in [5, 5.41) is 14.0. The van der Waals surface area contributed by atoms with Crippen molar-refractivity contribution in [1.82, 2.24) is 15.6 Å². The summed E-state index contributed by atoms with van der Waals surface area (Å²) in [5.41, 5.74) is 2.34. The second-order valence-electron chi connectivity index (χ2n) is 4.00. The molecule has 0 saturated heterocycles. The van der Waals surface area contributed by atoms with Crippen molar-refractivity contribution >= 4 is 52.6 Å². The first-order chi connectivity index (χ1) is 9.31. The van der Waals surface area contributed by atoms with Gasteiger partial charge in [-0.2, -0.15) is 11.3 Å². The Kier molecular flexibility index (Phi) is 8.08. The van der Waals surface area contributed by atoms with Crippen LogP contribution in [0.4, 0.5) is 0 Å². The normalized spacial score (nSPS) is 11.0. The number of hydrogen-bond acceptors (Lipinski definition) is 4. The number of aromatic nitrogens is 1. The van der Waals surface area contributed by atoms with Crippen LogP contribution in [0.3, 0.4) is 0 Å². The van der Waals surface area contributed by atoms with E-state index in [-0.39, 0.29) is 24.0 Å². The first-order valence-electron chi connectivity index (χ1n) is 6.20. The fraction of sp³-hybridized carbons (Fsp3) is 0.385. The number of hydrogen-bond donors (Lipinski definition) is 2. The molecule has 0 radical (unpaired) electrons. The maximum Gasteiger partial charge on any atom is 0.191 e. The number of halogens is 1. The topological polar surface area (TPSA) is 49.3 Å². The lowest BCUT2D eigenvalue weighted by Gasteiger charge is -2.10. The summed E-state index contributed by atoms with van der Waals surface area (Å²) in [5.74, 6) is 0.803. The molecule has 0 aliphatic rings. The summed E-state index contributed by atoms with van der Waals surface area (Å²) in [7, 11) is 1.78. The molecule has 0 unspecified atom stereocenters. The summed E-state index contributed by atoms with van der Waals surface area (Å²) in [6.07, 6.45) is 0.996. The number of guanidine groups is 1. The maximum atomic E-state index is 4.52. The molecule has 0 aliphatic heterocycles. The van der Waals surface area contributed by atoms with E-state index in [0.29, 0.717) is 6.54 Å². The molecule has 0 saturated carbocycles. The van der Waals surface area contributed by atoms with Gasteiger partial charge in [0.25, 0.3) is 0 Å². The van der Waals surface area contributed by atoms with Gasteiger partial charge in [-0.05, 0) is 28.8 Å². The Morgan fingerprint density at radius 1 is 1.30 bits per heavy atom. The van der Waals surface area contributed by atoms with Crippen LogP contribution < -0.4 is 10.6 Å². The van der Waals surface area contributed by atoms with Crippen LogP contribution in [0.2, 0.25) is 0 Å². The molecule has 0 aromatic carbocycles. The zero-order chi connectivity index (χ0) is 13.5. The highest BCUT2D eigenvalue weighted by molar-refractivity contribution is 14.0. The van der Waals surface area contributed by atoms with Crippen molar-refractivity contribution in [3.63, 3.8) is 0 Å². The molecule has 2 aromatic heterocycles. The van der Waals surface area contributed by atoms with Crippen molar-refractivity contribution in [2.75, 3.05) is 7.05 Å². The van der Waals surface area contributed by atoms with Gasteiger partial charge in [0.1, 0.15) is 0 Å². The Morgan fingerprint density at radius 2 is 2.10 bits per heavy atom. The average Bonchev–Trinajstić information content (AvgIpc) is 3.10. The summed E-state index contributed by atoms with van der Waals surface area (Å²) >= 11 is 3.42. The van der Waals surface area contributed by atoms with Gasteiger partial charge in [-0.15, -0.1) is 35.3 Å². The molecule has 7 heteroatoms. The van der Waals surface area contributed by atoms with Gasteiger partial charge in [0.05, 0.1) is 17.2 Å². The average molecular weight is 422 g/mol. The molecule has 0 atom stereocenters. The quantitative estimate of drug-likeness (QED) is 0.442. The van der Waals surface area contributed by atoms with Gasteiger partial charge in [-0.1, -0.05) is 6.92 Å². The van der Waals surface area contributed by atoms with E-state index in [9.17, 15) is 0 Å². The third kappa shape index (κ3) is 5.37. The first-order valence-corrected chi connectivity index (χ1v) is 8.03. The Labute approximate surface area is 144 Å². The SMILES string of the molecule is CCc1nc(CNC(=NC)NCc2ccsc2)cs1.I. The number of nitrogens with one attached hydrogen (secondary N) is 2. The molecule has 2 aromatic rings. The zero-order valence-electron chi connectivity index (χ0n) is 11.5. The smallest absolute Gasteiger partial charge is 0.191 e. The van der Waals surface area contributed by atoms with Crippen LogP contribution in [0.1, 0.15) is 23.2 Å². The van der Waals surface area contributed by atoms with Gasteiger partial charge in [-0.3, -0.25) is 4.99 Å². The lowest BCUT2D eigenvalue weighted by molar-refractivity contribution is 0.796. The number of thiazole rings is 1. The summed E-state index contributed by atoms with van der Waals surface area (Å²) < 4.78 is 0. The van der Waals surface area contributed by atoms with E-state index in [1.165, 1.54) is 10.6 Å². The van der Waals surface area contributed by atoms with E-state index in [2.05, 4.69) is 49.7 Å². The molecule has 0 bridgehead atoms. The summed E-state index contributed by atoms with van der Waals surface area (Å²) in [6, 6.07) is 2.11. The van der Waals surface area contributed by atoms with Gasteiger partial charge in [0.15, 0.2) is 5.96 Å². The largest absolute Gasteiger partial charge is 0.352 e. The number of nitrogens with zero attached hydrogens (tertiary/aromatic N) is 2. The van der Waals surface area contributed by atoms with E-state index in [1.807, 2.05) is 0 Å². The van der Waals surface area contributed by atoms with Crippen molar-refractivity contribution < 1.29 is 0 Å². The third-order valence-electron chi connectivity index (χ3n) is 2.60. The Balaban J connectivity index is 0.00000200. The molecule has 4 nitrogen and oxygen atoms in total. The molecule has 20 heavy (non-hydrogen) atoms. The highest BCUT2D eigenvalue weighted by Crippen LogP contribution is 2.09. The second kappa shape index (κ2) is 9.30. The minimum absolute atomic E-state index is 0. The van der Waals surface area contributed by atoms with Crippen molar-refractivity contribution in [3.05, 3.63) is 38.5 Å². The first kappa shape index (κ1) is 17.4. The molecular weight excluding hydrogens is 403 g/mol. The molecule has 2 N–H and O–H groups in total. The Hall–Kier alpha value is -0.670. The Morgan fingerprint density at radius 3 is 2.70 bits per heavy atom. The predicted octanol–water partition coefficient (Wildman–Crippen LogP) is 3.25. The number of aliphatic imine (C=N–C) groups is 1. The predicted molar refractivity (Wildman–Crippen MR) is 98.3 cm³/mol. The van der Waals surface area contributed by atoms with Crippen molar-refractivity contribution in [2.45, 2.75) is 26.4 Å². The second-order valence-corrected chi connectivity index (χ2v) is 5.72. The highest BCUT2D eigenvalue weighted by atomic mass is 127. The monoisotopic (exact) mass is 422 g/mol. The van der Waals surface area contributed by atoms with Crippen molar-refractivity contribution in [1.29, 1.82) is 0 Å². The standard InChI is InChI=1S/C13H18N4S2.HI/c1-3-12-17-11(9-19-12)7-16-13(14-2)15-6-10-4-5-18-8-10;/h4-5,8-9H,3,6-7H2,1-2H3,(H2,14,15,16);1H. The van der Waals surface area contributed by atoms with Crippen LogP contribution in [0, 0.1) is 0 Å². The van der Waals surface area contributed by atoms with Crippen LogP contribution in [0.25, 0.3) is 0 Å². The number of rotatable bonds is 5. The fourth-order valence-electron chi connectivity index (χ4n) is 1.57. The van der Waals surface area contributed by atoms with Crippen LogP contribution >= 0.6 is 46.7 Å². The van der Waals surface area contributed by atoms with Crippen LogP contribution in [-0.4, -0.2) is 18.0 Å². The molecular formula is C13H19IN4S2. The number of thiophene rings is 1. The van der Waals surface area contributed by atoms with E-state index in [0.717, 1.165) is 24.6 Å². The summed E-state index contributed by atoms with van der Waals surface area (Å²) in [6.45, 7) is 3.62. The summed E-state index contributed by atoms with van der Waals surface area (Å²) in [4.78, 5) is 8.72. The molecule has 110 valence electrons. The van der Waals surface area contributed by atoms with Gasteiger partial charge in [0, 0.05) is 19.0 Å². The third-order valence-corrected chi connectivity index (χ3v) is 4.38. The van der Waals surface area contributed by atoms with Gasteiger partial charge in [0.2, 0.25) is 0 Å². The molecule has 0 fully saturated rings. The minimum Gasteiger partial charge on any atom is -0.352 e. The van der Waals surface area contributed by atoms with Gasteiger partial charge >= 0.3 is 0 Å². The van der Waals surface area contributed by atoms with Crippen LogP contribution in [0.5, 0.6) is 0 Å². The van der Waals surface area contributed by atoms with Crippen LogP contribution in [-0.2, 0) is 19.5 Å². The molecule has 0 amide bonds. The lowest BCUT2D eigenvalue weighted by atomic mass is 10.3. The number of aryl methyl sites for hydroxylation is 1. The fourth-order valence-corrected chi connectivity index (χ4v) is 2.98. The van der Waals surface area contributed by atoms with Crippen LogP contribution in [0.15, 0.2) is 27.2 Å². The minimum atomic E-state index is 0. The van der Waals surface area contributed by atoms with Crippen molar-refractivity contribution in [2.24, 2.45) is 4.99 Å². The Bertz CT molecular complexity index is 522. The molecule has 0 aliphatic carbocycles. The van der Waals surface area contributed by atoms with Gasteiger partial charge in [-0.25, -0.2) is 4.98 Å².